The van der Waals surface area contributed by atoms with Crippen molar-refractivity contribution in [3.63, 3.8) is 0 Å². The second kappa shape index (κ2) is 12.7. The number of ether oxygens (including phenoxy) is 2. The van der Waals surface area contributed by atoms with E-state index in [0.717, 1.165) is 42.8 Å². The highest BCUT2D eigenvalue weighted by atomic mass is 16.5. The molecule has 166 valence electrons. The van der Waals surface area contributed by atoms with Crippen LogP contribution in [-0.4, -0.2) is 48.9 Å². The van der Waals surface area contributed by atoms with E-state index in [1.54, 1.807) is 0 Å². The molecular weight excluding hydrogens is 382 g/mol. The molecule has 30 heavy (non-hydrogen) atoms. The topological polar surface area (TPSA) is 93.8 Å². The third-order valence-electron chi connectivity index (χ3n) is 4.25. The molecule has 0 atom stereocenters. The molecule has 0 saturated heterocycles. The SMILES string of the molecule is CCNC(=NCCc1nc(C(C)C)no1)NCCc1ccc(OCC)c(OCC)c1. The minimum Gasteiger partial charge on any atom is -0.490 e. The molecule has 1 heterocycles. The fourth-order valence-corrected chi connectivity index (χ4v) is 2.79. The lowest BCUT2D eigenvalue weighted by molar-refractivity contribution is 0.287. The number of hydrogen-bond donors (Lipinski definition) is 2. The zero-order chi connectivity index (χ0) is 21.8. The van der Waals surface area contributed by atoms with Crippen molar-refractivity contribution in [2.45, 2.75) is 53.4 Å². The van der Waals surface area contributed by atoms with Crippen LogP contribution >= 0.6 is 0 Å². The molecule has 1 aromatic carbocycles. The van der Waals surface area contributed by atoms with E-state index in [-0.39, 0.29) is 5.92 Å². The van der Waals surface area contributed by atoms with Crippen molar-refractivity contribution in [1.82, 2.24) is 20.8 Å². The van der Waals surface area contributed by atoms with E-state index < -0.39 is 0 Å². The molecule has 8 nitrogen and oxygen atoms in total. The number of nitrogens with zero attached hydrogens (tertiary/aromatic N) is 3. The van der Waals surface area contributed by atoms with Crippen molar-refractivity contribution in [2.75, 3.05) is 32.8 Å². The van der Waals surface area contributed by atoms with Crippen LogP contribution in [0.5, 0.6) is 11.5 Å². The Hall–Kier alpha value is -2.77. The Balaban J connectivity index is 1.87. The zero-order valence-electron chi connectivity index (χ0n) is 18.8. The van der Waals surface area contributed by atoms with Gasteiger partial charge in [0.2, 0.25) is 5.89 Å². The quantitative estimate of drug-likeness (QED) is 0.404. The summed E-state index contributed by atoms with van der Waals surface area (Å²) in [5, 5.41) is 10.6. The molecular formula is C22H35N5O3. The summed E-state index contributed by atoms with van der Waals surface area (Å²) in [6.45, 7) is 13.4. The number of nitrogens with one attached hydrogen (secondary N) is 2. The highest BCUT2D eigenvalue weighted by Gasteiger charge is 2.09. The number of aromatic nitrogens is 2. The van der Waals surface area contributed by atoms with Gasteiger partial charge in [0, 0.05) is 25.4 Å². The average Bonchev–Trinajstić information content (AvgIpc) is 3.19. The lowest BCUT2D eigenvalue weighted by Gasteiger charge is -2.14. The van der Waals surface area contributed by atoms with Crippen LogP contribution in [0.1, 0.15) is 57.8 Å². The molecule has 8 heteroatoms. The molecule has 0 aliphatic heterocycles. The number of guanidine groups is 1. The molecule has 0 aliphatic rings. The van der Waals surface area contributed by atoms with E-state index in [2.05, 4.69) is 31.8 Å². The Bertz CT molecular complexity index is 789. The smallest absolute Gasteiger partial charge is 0.228 e. The van der Waals surface area contributed by atoms with Gasteiger partial charge >= 0.3 is 0 Å². The molecule has 0 aliphatic carbocycles. The molecule has 0 unspecified atom stereocenters. The maximum atomic E-state index is 5.71. The van der Waals surface area contributed by atoms with E-state index in [0.29, 0.717) is 32.1 Å². The van der Waals surface area contributed by atoms with Crippen LogP contribution in [0, 0.1) is 0 Å². The Morgan fingerprint density at radius 1 is 1.07 bits per heavy atom. The first-order valence-electron chi connectivity index (χ1n) is 10.8. The summed E-state index contributed by atoms with van der Waals surface area (Å²) in [6.07, 6.45) is 1.46. The fraction of sp³-hybridized carbons (Fsp3) is 0.591. The van der Waals surface area contributed by atoms with Gasteiger partial charge in [-0.05, 0) is 44.9 Å². The minimum atomic E-state index is 0.260. The van der Waals surface area contributed by atoms with Crippen molar-refractivity contribution >= 4 is 5.96 Å². The Morgan fingerprint density at radius 2 is 1.83 bits per heavy atom. The number of benzene rings is 1. The Morgan fingerprint density at radius 3 is 2.50 bits per heavy atom. The minimum absolute atomic E-state index is 0.260. The molecule has 1 aromatic heterocycles. The summed E-state index contributed by atoms with van der Waals surface area (Å²) in [6, 6.07) is 6.09. The molecule has 2 N–H and O–H groups in total. The first-order valence-corrected chi connectivity index (χ1v) is 10.8. The average molecular weight is 418 g/mol. The third kappa shape index (κ3) is 7.57. The summed E-state index contributed by atoms with van der Waals surface area (Å²) in [5.41, 5.74) is 1.18. The standard InChI is InChI=1S/C22H35N5O3/c1-6-23-22(25-14-12-20-26-21(16(4)5)27-30-20)24-13-11-17-9-10-18(28-7-2)19(15-17)29-8-3/h9-10,15-16H,6-8,11-14H2,1-5H3,(H2,23,24,25). The van der Waals surface area contributed by atoms with Crippen molar-refractivity contribution in [1.29, 1.82) is 0 Å². The molecule has 0 amide bonds. The normalized spacial score (nSPS) is 11.6. The summed E-state index contributed by atoms with van der Waals surface area (Å²) >= 11 is 0. The van der Waals surface area contributed by atoms with Gasteiger partial charge in [-0.3, -0.25) is 4.99 Å². The number of hydrogen-bond acceptors (Lipinski definition) is 6. The largest absolute Gasteiger partial charge is 0.490 e. The van der Waals surface area contributed by atoms with Crippen LogP contribution in [0.4, 0.5) is 0 Å². The fourth-order valence-electron chi connectivity index (χ4n) is 2.79. The maximum absolute atomic E-state index is 5.71. The van der Waals surface area contributed by atoms with Gasteiger partial charge in [-0.1, -0.05) is 25.1 Å². The van der Waals surface area contributed by atoms with Crippen LogP contribution < -0.4 is 20.1 Å². The van der Waals surface area contributed by atoms with Gasteiger partial charge in [0.05, 0.1) is 19.8 Å². The highest BCUT2D eigenvalue weighted by molar-refractivity contribution is 5.79. The molecule has 0 saturated carbocycles. The number of rotatable bonds is 12. The highest BCUT2D eigenvalue weighted by Crippen LogP contribution is 2.28. The molecule has 0 fully saturated rings. The second-order valence-electron chi connectivity index (χ2n) is 7.04. The van der Waals surface area contributed by atoms with Gasteiger partial charge < -0.3 is 24.6 Å². The molecule has 2 rings (SSSR count). The molecule has 0 spiro atoms. The predicted molar refractivity (Wildman–Crippen MR) is 119 cm³/mol. The lowest BCUT2D eigenvalue weighted by Crippen LogP contribution is -2.38. The van der Waals surface area contributed by atoms with Crippen LogP contribution in [0.25, 0.3) is 0 Å². The maximum Gasteiger partial charge on any atom is 0.228 e. The molecule has 0 radical (unpaired) electrons. The van der Waals surface area contributed by atoms with E-state index in [4.69, 9.17) is 14.0 Å². The van der Waals surface area contributed by atoms with Crippen LogP contribution in [0.15, 0.2) is 27.7 Å². The van der Waals surface area contributed by atoms with Crippen molar-refractivity contribution < 1.29 is 14.0 Å². The van der Waals surface area contributed by atoms with Gasteiger partial charge in [-0.2, -0.15) is 4.98 Å². The first-order chi connectivity index (χ1) is 14.6. The van der Waals surface area contributed by atoms with Crippen molar-refractivity contribution in [3.05, 3.63) is 35.5 Å². The summed E-state index contributed by atoms with van der Waals surface area (Å²) in [4.78, 5) is 8.99. The Labute approximate surface area is 179 Å². The van der Waals surface area contributed by atoms with E-state index in [9.17, 15) is 0 Å². The van der Waals surface area contributed by atoms with Crippen LogP contribution in [0.3, 0.4) is 0 Å². The summed E-state index contributed by atoms with van der Waals surface area (Å²) < 4.78 is 16.6. The first kappa shape index (κ1) is 23.5. The monoisotopic (exact) mass is 417 g/mol. The van der Waals surface area contributed by atoms with Crippen molar-refractivity contribution in [3.8, 4) is 11.5 Å². The number of aliphatic imine (C=N–C) groups is 1. The van der Waals surface area contributed by atoms with Crippen LogP contribution in [0.2, 0.25) is 0 Å². The summed E-state index contributed by atoms with van der Waals surface area (Å²) in [7, 11) is 0. The van der Waals surface area contributed by atoms with Gasteiger partial charge in [-0.25, -0.2) is 0 Å². The lowest BCUT2D eigenvalue weighted by atomic mass is 10.1. The predicted octanol–water partition coefficient (Wildman–Crippen LogP) is 3.33. The molecule has 0 bridgehead atoms. The van der Waals surface area contributed by atoms with Gasteiger partial charge in [0.25, 0.3) is 0 Å². The Kier molecular flexibility index (Phi) is 9.97. The third-order valence-corrected chi connectivity index (χ3v) is 4.25. The van der Waals surface area contributed by atoms with Crippen LogP contribution in [-0.2, 0) is 12.8 Å². The van der Waals surface area contributed by atoms with Crippen molar-refractivity contribution in [2.24, 2.45) is 4.99 Å². The second-order valence-corrected chi connectivity index (χ2v) is 7.04. The van der Waals surface area contributed by atoms with E-state index in [1.807, 2.05) is 46.8 Å². The van der Waals surface area contributed by atoms with Gasteiger partial charge in [0.15, 0.2) is 23.3 Å². The zero-order valence-corrected chi connectivity index (χ0v) is 18.8. The van der Waals surface area contributed by atoms with E-state index in [1.165, 1.54) is 5.56 Å². The summed E-state index contributed by atoms with van der Waals surface area (Å²) in [5.74, 6) is 3.97. The van der Waals surface area contributed by atoms with Gasteiger partial charge in [0.1, 0.15) is 0 Å². The van der Waals surface area contributed by atoms with E-state index >= 15 is 0 Å². The van der Waals surface area contributed by atoms with Gasteiger partial charge in [-0.15, -0.1) is 0 Å². The molecule has 2 aromatic rings.